The highest BCUT2D eigenvalue weighted by molar-refractivity contribution is 7.51. The van der Waals surface area contributed by atoms with Crippen LogP contribution in [0.2, 0.25) is 0 Å². The van der Waals surface area contributed by atoms with Gasteiger partial charge in [0.15, 0.2) is 29.2 Å². The number of nitrogens with zero attached hydrogens (tertiary/aromatic N) is 4. The van der Waals surface area contributed by atoms with Gasteiger partial charge in [0.25, 0.3) is 0 Å². The van der Waals surface area contributed by atoms with Crippen LogP contribution in [0.4, 0.5) is 14.7 Å². The average molecular weight is 656 g/mol. The van der Waals surface area contributed by atoms with Crippen LogP contribution in [0.3, 0.4) is 0 Å². The Morgan fingerprint density at radius 3 is 2.67 bits per heavy atom. The highest BCUT2D eigenvalue weighted by Crippen LogP contribution is 2.51. The normalized spacial score (nSPS) is 27.6. The van der Waals surface area contributed by atoms with Crippen molar-refractivity contribution in [3.63, 3.8) is 0 Å². The first-order valence-corrected chi connectivity index (χ1v) is 16.3. The van der Waals surface area contributed by atoms with E-state index in [1.54, 1.807) is 25.1 Å². The van der Waals surface area contributed by atoms with Crippen molar-refractivity contribution >= 4 is 30.8 Å². The number of ether oxygens (including phenoxy) is 3. The monoisotopic (exact) mass is 655 g/mol. The Hall–Kier alpha value is -3.43. The lowest BCUT2D eigenvalue weighted by Gasteiger charge is -2.26. The molecular weight excluding hydrogens is 617 g/mol. The van der Waals surface area contributed by atoms with E-state index in [0.717, 1.165) is 49.9 Å². The van der Waals surface area contributed by atoms with Crippen LogP contribution in [0.15, 0.2) is 36.7 Å². The molecule has 2 aliphatic rings. The molecule has 5 rings (SSSR count). The number of para-hydroxylation sites is 1. The predicted octanol–water partition coefficient (Wildman–Crippen LogP) is 3.66. The average Bonchev–Trinajstić information content (AvgIpc) is 3.50. The number of alkyl halides is 2. The number of aromatic nitrogens is 4. The number of aliphatic hydroxyl groups is 2. The van der Waals surface area contributed by atoms with Crippen LogP contribution in [0.1, 0.15) is 59.1 Å². The van der Waals surface area contributed by atoms with Gasteiger partial charge in [0.2, 0.25) is 18.4 Å². The Kier molecular flexibility index (Phi) is 9.61. The molecule has 3 aromatic rings. The van der Waals surface area contributed by atoms with Gasteiger partial charge in [-0.1, -0.05) is 24.6 Å². The Balaban J connectivity index is 1.37. The van der Waals surface area contributed by atoms with Crippen LogP contribution < -0.4 is 20.1 Å². The number of nitrogen functional groups attached to an aromatic ring is 1. The highest BCUT2D eigenvalue weighted by Gasteiger charge is 2.67. The predicted molar refractivity (Wildman–Crippen MR) is 158 cm³/mol. The molecule has 6 atom stereocenters. The molecule has 3 heterocycles. The Morgan fingerprint density at radius 2 is 1.98 bits per heavy atom. The van der Waals surface area contributed by atoms with Crippen LogP contribution in [0.5, 0.6) is 11.6 Å². The number of hydrogen-bond donors (Lipinski definition) is 3. The molecule has 1 saturated heterocycles. The number of benzene rings is 1. The lowest BCUT2D eigenvalue weighted by atomic mass is 9.97. The molecule has 1 unspecified atom stereocenters. The molecule has 0 amide bonds. The number of carbonyl (C=O) groups is 1. The minimum atomic E-state index is -4.46. The number of hydrogen-bond acceptors (Lipinski definition) is 11. The van der Waals surface area contributed by atoms with Crippen molar-refractivity contribution in [2.24, 2.45) is 0 Å². The molecule has 246 valence electrons. The number of imidazole rings is 1. The molecule has 1 aliphatic carbocycles. The van der Waals surface area contributed by atoms with E-state index in [-0.39, 0.29) is 41.5 Å². The van der Waals surface area contributed by atoms with E-state index in [0.29, 0.717) is 0 Å². The fourth-order valence-corrected chi connectivity index (χ4v) is 6.92. The molecule has 1 saturated carbocycles. The first kappa shape index (κ1) is 32.9. The number of nitrogens with one attached hydrogen (secondary N) is 1. The number of aliphatic hydroxyl groups excluding tert-OH is 1. The van der Waals surface area contributed by atoms with Crippen LogP contribution in [-0.2, 0) is 18.8 Å². The van der Waals surface area contributed by atoms with Gasteiger partial charge in [-0.05, 0) is 58.6 Å². The van der Waals surface area contributed by atoms with Gasteiger partial charge in [0.1, 0.15) is 17.9 Å². The summed E-state index contributed by atoms with van der Waals surface area (Å²) >= 11 is 0. The number of carbonyl (C=O) groups excluding carboxylic acids is 1. The van der Waals surface area contributed by atoms with E-state index in [1.165, 1.54) is 19.1 Å². The number of nitrogens with two attached hydrogens (primary N) is 1. The fraction of sp³-hybridized carbons (Fsp3) is 0.571. The van der Waals surface area contributed by atoms with Gasteiger partial charge < -0.3 is 34.1 Å². The number of fused-ring (bicyclic) bond motifs is 1. The van der Waals surface area contributed by atoms with Gasteiger partial charge in [-0.3, -0.25) is 9.36 Å². The summed E-state index contributed by atoms with van der Waals surface area (Å²) in [5.41, 5.74) is 3.12. The molecule has 45 heavy (non-hydrogen) atoms. The highest BCUT2D eigenvalue weighted by atomic mass is 31.2. The SMILES string of the molecule is CCOc1nc(N)nc2c1ncn2[C@@H]1O[C@](F)(C[OH+]P(=O)(N[C@@H](C)C(=O)OC2CCCCC2)Oc2ccccc2)[C@@H](O)[C@@]1(C)F. The molecule has 1 aromatic carbocycles. The molecule has 14 nitrogen and oxygen atoms in total. The first-order chi connectivity index (χ1) is 21.3. The van der Waals surface area contributed by atoms with Gasteiger partial charge in [-0.2, -0.15) is 19.6 Å². The molecular formula is C28H38F2N6O8P+. The standard InChI is InChI=1S/C28H37F2N6O8P/c1-4-40-22-20-21(33-26(31)34-22)36(16-32-20)25-27(3,29)24(38)28(30,43-25)15-41-45(39,44-19-13-9-6-10-14-19)35-17(2)23(37)42-18-11-7-5-8-12-18/h6,9-10,13-14,16-18,24-25,38H,4-5,7-8,11-12,15H2,1-3H3,(H,35,39)(H2,31,33,34)/p+1/t17-,24-,25+,27+,28+,45?/m0/s1. The molecule has 0 radical (unpaired) electrons. The Morgan fingerprint density at radius 1 is 1.27 bits per heavy atom. The van der Waals surface area contributed by atoms with Crippen molar-refractivity contribution in [1.82, 2.24) is 24.6 Å². The zero-order chi connectivity index (χ0) is 32.4. The van der Waals surface area contributed by atoms with Crippen LogP contribution >= 0.6 is 7.75 Å². The van der Waals surface area contributed by atoms with Crippen LogP contribution in [0.25, 0.3) is 11.2 Å². The maximum atomic E-state index is 16.4. The number of esters is 1. The van der Waals surface area contributed by atoms with Crippen molar-refractivity contribution in [3.05, 3.63) is 36.7 Å². The largest absolute Gasteiger partial charge is 0.615 e. The zero-order valence-corrected chi connectivity index (χ0v) is 26.0. The molecule has 0 bridgehead atoms. The minimum Gasteiger partial charge on any atom is -0.476 e. The molecule has 17 heteroatoms. The number of anilines is 1. The maximum absolute atomic E-state index is 16.4. The smallest absolute Gasteiger partial charge is 0.476 e. The van der Waals surface area contributed by atoms with Crippen LogP contribution in [-0.4, -0.2) is 78.1 Å². The molecule has 5 N–H and O–H groups in total. The number of rotatable bonds is 12. The third-order valence-electron chi connectivity index (χ3n) is 7.66. The van der Waals surface area contributed by atoms with Crippen molar-refractivity contribution < 1.29 is 46.5 Å². The summed E-state index contributed by atoms with van der Waals surface area (Å²) in [6.07, 6.45) is 1.01. The summed E-state index contributed by atoms with van der Waals surface area (Å²) in [5, 5.41) is 13.4. The summed E-state index contributed by atoms with van der Waals surface area (Å²) in [7, 11) is -4.46. The fourth-order valence-electron chi connectivity index (χ4n) is 5.35. The van der Waals surface area contributed by atoms with Crippen molar-refractivity contribution in [2.75, 3.05) is 18.9 Å². The van der Waals surface area contributed by atoms with E-state index in [1.807, 2.05) is 0 Å². The van der Waals surface area contributed by atoms with E-state index < -0.39 is 50.2 Å². The third kappa shape index (κ3) is 7.04. The van der Waals surface area contributed by atoms with Crippen molar-refractivity contribution in [2.45, 2.75) is 88.9 Å². The minimum absolute atomic E-state index is 0.0283. The van der Waals surface area contributed by atoms with E-state index in [9.17, 15) is 14.5 Å². The second-order valence-corrected chi connectivity index (χ2v) is 13.0. The van der Waals surface area contributed by atoms with Crippen molar-refractivity contribution in [1.29, 1.82) is 0 Å². The van der Waals surface area contributed by atoms with E-state index >= 15 is 8.78 Å². The molecule has 0 spiro atoms. The topological polar surface area (TPSA) is 186 Å². The van der Waals surface area contributed by atoms with E-state index in [4.69, 9.17) is 24.5 Å². The summed E-state index contributed by atoms with van der Waals surface area (Å²) in [6.45, 7) is 3.15. The maximum Gasteiger partial charge on any atom is 0.615 e. The van der Waals surface area contributed by atoms with Gasteiger partial charge in [0.05, 0.1) is 12.9 Å². The quantitative estimate of drug-likeness (QED) is 0.146. The first-order valence-electron chi connectivity index (χ1n) is 14.7. The van der Waals surface area contributed by atoms with Crippen molar-refractivity contribution in [3.8, 4) is 11.6 Å². The zero-order valence-electron chi connectivity index (χ0n) is 25.1. The summed E-state index contributed by atoms with van der Waals surface area (Å²) in [5.74, 6) is -3.96. The van der Waals surface area contributed by atoms with Gasteiger partial charge in [-0.25, -0.2) is 13.8 Å². The summed E-state index contributed by atoms with van der Waals surface area (Å²) in [6, 6.07) is 6.74. The lowest BCUT2D eigenvalue weighted by molar-refractivity contribution is -0.220. The van der Waals surface area contributed by atoms with Crippen LogP contribution in [0, 0.1) is 0 Å². The lowest BCUT2D eigenvalue weighted by Crippen LogP contribution is -2.48. The van der Waals surface area contributed by atoms with Gasteiger partial charge in [-0.15, -0.1) is 0 Å². The summed E-state index contributed by atoms with van der Waals surface area (Å²) < 4.78 is 73.6. The van der Waals surface area contributed by atoms with E-state index in [2.05, 4.69) is 24.6 Å². The van der Waals surface area contributed by atoms with Gasteiger partial charge in [0, 0.05) is 0 Å². The second-order valence-electron chi connectivity index (χ2n) is 11.2. The second kappa shape index (κ2) is 13.1. The third-order valence-corrected chi connectivity index (χ3v) is 9.35. The molecule has 1 aliphatic heterocycles. The molecule has 2 aromatic heterocycles. The Bertz CT molecular complexity index is 1540. The summed E-state index contributed by atoms with van der Waals surface area (Å²) in [4.78, 5) is 25.1. The molecule has 2 fully saturated rings. The van der Waals surface area contributed by atoms with Gasteiger partial charge >= 0.3 is 19.6 Å². The Labute approximate surface area is 258 Å². The number of halogens is 2.